The van der Waals surface area contributed by atoms with Crippen molar-refractivity contribution < 1.29 is 9.13 Å². The number of aromatic amines is 1. The molecule has 6 heteroatoms. The molecule has 25 heavy (non-hydrogen) atoms. The number of nitrogens with zero attached hydrogens (tertiary/aromatic N) is 2. The van der Waals surface area contributed by atoms with Gasteiger partial charge in [-0.05, 0) is 56.2 Å². The molecule has 136 valence electrons. The molecule has 0 amide bonds. The Morgan fingerprint density at radius 3 is 2.64 bits per heavy atom. The highest BCUT2D eigenvalue weighted by molar-refractivity contribution is 5.77. The average Bonchev–Trinajstić information content (AvgIpc) is 2.89. The van der Waals surface area contributed by atoms with Crippen LogP contribution in [0.4, 0.5) is 4.39 Å². The van der Waals surface area contributed by atoms with Crippen LogP contribution in [0, 0.1) is 18.7 Å². The molecule has 2 heterocycles. The molecule has 1 aromatic carbocycles. The van der Waals surface area contributed by atoms with Gasteiger partial charge >= 0.3 is 5.69 Å². The molecule has 1 aliphatic carbocycles. The quantitative estimate of drug-likeness (QED) is 0.925. The maximum Gasteiger partial charge on any atom is 0.326 e. The Bertz CT molecular complexity index is 820. The van der Waals surface area contributed by atoms with Crippen LogP contribution in [0.15, 0.2) is 16.9 Å². The van der Waals surface area contributed by atoms with Crippen LogP contribution in [0.1, 0.15) is 37.3 Å². The molecule has 1 N–H and O–H groups in total. The summed E-state index contributed by atoms with van der Waals surface area (Å²) >= 11 is 0. The van der Waals surface area contributed by atoms with Gasteiger partial charge in [0.2, 0.25) is 0 Å². The van der Waals surface area contributed by atoms with Crippen molar-refractivity contribution in [3.8, 4) is 0 Å². The van der Waals surface area contributed by atoms with Crippen LogP contribution < -0.4 is 5.69 Å². The monoisotopic (exact) mass is 347 g/mol. The number of nitrogens with one attached hydrogen (secondary N) is 1. The fraction of sp³-hybridized carbons (Fsp3) is 0.632. The molecule has 5 nitrogen and oxygen atoms in total. The Kier molecular flexibility index (Phi) is 4.41. The smallest absolute Gasteiger partial charge is 0.326 e. The molecule has 2 atom stereocenters. The van der Waals surface area contributed by atoms with E-state index in [-0.39, 0.29) is 17.5 Å². The highest BCUT2D eigenvalue weighted by Gasteiger charge is 2.37. The third-order valence-electron chi connectivity index (χ3n) is 6.02. The summed E-state index contributed by atoms with van der Waals surface area (Å²) < 4.78 is 21.2. The van der Waals surface area contributed by atoms with Crippen LogP contribution in [0.2, 0.25) is 0 Å². The Labute approximate surface area is 146 Å². The summed E-state index contributed by atoms with van der Waals surface area (Å²) in [5.41, 5.74) is 1.67. The van der Waals surface area contributed by atoms with E-state index in [1.165, 1.54) is 18.9 Å². The molecular formula is C19H26FN3O2. The molecule has 1 saturated heterocycles. The van der Waals surface area contributed by atoms with Gasteiger partial charge in [-0.2, -0.15) is 0 Å². The minimum Gasteiger partial charge on any atom is -0.384 e. The number of ether oxygens (including phenoxy) is 1. The first-order chi connectivity index (χ1) is 12.1. The molecule has 1 saturated carbocycles. The molecule has 0 spiro atoms. The molecule has 0 bridgehead atoms. The second-order valence-corrected chi connectivity index (χ2v) is 7.57. The minimum atomic E-state index is -0.347. The van der Waals surface area contributed by atoms with Gasteiger partial charge in [-0.25, -0.2) is 9.18 Å². The van der Waals surface area contributed by atoms with E-state index in [1.54, 1.807) is 11.7 Å². The van der Waals surface area contributed by atoms with E-state index in [4.69, 9.17) is 4.74 Å². The van der Waals surface area contributed by atoms with Crippen molar-refractivity contribution in [2.45, 2.75) is 44.7 Å². The fourth-order valence-corrected chi connectivity index (χ4v) is 4.59. The molecule has 0 radical (unpaired) electrons. The summed E-state index contributed by atoms with van der Waals surface area (Å²) in [6, 6.07) is 4.14. The van der Waals surface area contributed by atoms with Gasteiger partial charge < -0.3 is 9.72 Å². The number of fused-ring (bicyclic) bond motifs is 1. The van der Waals surface area contributed by atoms with E-state index in [2.05, 4.69) is 9.88 Å². The van der Waals surface area contributed by atoms with Crippen LogP contribution in [-0.2, 0) is 4.74 Å². The first kappa shape index (κ1) is 16.8. The number of piperidine rings is 1. The highest BCUT2D eigenvalue weighted by Crippen LogP contribution is 2.36. The lowest BCUT2D eigenvalue weighted by atomic mass is 9.78. The second-order valence-electron chi connectivity index (χ2n) is 7.57. The first-order valence-electron chi connectivity index (χ1n) is 9.22. The normalized spacial score (nSPS) is 25.4. The van der Waals surface area contributed by atoms with Crippen molar-refractivity contribution in [1.82, 2.24) is 14.5 Å². The average molecular weight is 347 g/mol. The number of aryl methyl sites for hydroxylation is 1. The number of rotatable bonds is 4. The summed E-state index contributed by atoms with van der Waals surface area (Å²) in [4.78, 5) is 17.7. The number of hydrogen-bond donors (Lipinski definition) is 1. The maximum atomic E-state index is 14.1. The molecule has 1 aromatic heterocycles. The van der Waals surface area contributed by atoms with Crippen LogP contribution in [0.3, 0.4) is 0 Å². The summed E-state index contributed by atoms with van der Waals surface area (Å²) in [5.74, 6) is 0.300. The van der Waals surface area contributed by atoms with Gasteiger partial charge in [0.15, 0.2) is 0 Å². The van der Waals surface area contributed by atoms with E-state index in [1.807, 2.05) is 13.0 Å². The van der Waals surface area contributed by atoms with Gasteiger partial charge in [0.25, 0.3) is 0 Å². The van der Waals surface area contributed by atoms with Gasteiger partial charge in [0.05, 0.1) is 12.1 Å². The van der Waals surface area contributed by atoms with Gasteiger partial charge in [-0.15, -0.1) is 0 Å². The molecule has 1 aliphatic heterocycles. The molecular weight excluding hydrogens is 321 g/mol. The minimum absolute atomic E-state index is 0.139. The standard InChI is InChI=1S/C19H26FN3O2/c1-12-9-15(20)18-17(10-12)23(19(24)21-18)14-5-7-22(8-6-14)16-4-3-13(16)11-25-2/h9-10,13-14,16H,3-8,11H2,1-2H3,(H,21,24). The number of likely N-dealkylation sites (tertiary alicyclic amines) is 1. The molecule has 2 fully saturated rings. The predicted octanol–water partition coefficient (Wildman–Crippen LogP) is 2.84. The van der Waals surface area contributed by atoms with E-state index < -0.39 is 0 Å². The molecule has 4 rings (SSSR count). The van der Waals surface area contributed by atoms with Crippen molar-refractivity contribution in [3.05, 3.63) is 34.0 Å². The van der Waals surface area contributed by atoms with E-state index >= 15 is 0 Å². The number of hydrogen-bond acceptors (Lipinski definition) is 3. The van der Waals surface area contributed by atoms with E-state index in [0.29, 0.717) is 23.0 Å². The molecule has 2 aromatic rings. The zero-order valence-electron chi connectivity index (χ0n) is 14.9. The third-order valence-corrected chi connectivity index (χ3v) is 6.02. The molecule has 2 unspecified atom stereocenters. The Morgan fingerprint density at radius 1 is 1.24 bits per heavy atom. The fourth-order valence-electron chi connectivity index (χ4n) is 4.59. The lowest BCUT2D eigenvalue weighted by Gasteiger charge is -2.47. The van der Waals surface area contributed by atoms with Gasteiger partial charge in [-0.1, -0.05) is 0 Å². The van der Waals surface area contributed by atoms with Crippen LogP contribution in [-0.4, -0.2) is 47.3 Å². The topological polar surface area (TPSA) is 50.3 Å². The lowest BCUT2D eigenvalue weighted by molar-refractivity contribution is -0.00343. The highest BCUT2D eigenvalue weighted by atomic mass is 19.1. The third kappa shape index (κ3) is 2.91. The lowest BCUT2D eigenvalue weighted by Crippen LogP contribution is -2.51. The summed E-state index contributed by atoms with van der Waals surface area (Å²) in [7, 11) is 1.77. The van der Waals surface area contributed by atoms with Gasteiger partial charge in [0, 0.05) is 32.3 Å². The van der Waals surface area contributed by atoms with Crippen LogP contribution in [0.5, 0.6) is 0 Å². The van der Waals surface area contributed by atoms with Crippen molar-refractivity contribution in [2.24, 2.45) is 5.92 Å². The van der Waals surface area contributed by atoms with Crippen molar-refractivity contribution >= 4 is 11.0 Å². The van der Waals surface area contributed by atoms with Crippen molar-refractivity contribution in [2.75, 3.05) is 26.8 Å². The van der Waals surface area contributed by atoms with E-state index in [9.17, 15) is 9.18 Å². The molecule has 2 aliphatic rings. The zero-order chi connectivity index (χ0) is 17.6. The van der Waals surface area contributed by atoms with Crippen LogP contribution >= 0.6 is 0 Å². The number of imidazole rings is 1. The maximum absolute atomic E-state index is 14.1. The first-order valence-corrected chi connectivity index (χ1v) is 9.22. The summed E-state index contributed by atoms with van der Waals surface area (Å²) in [6.45, 7) is 4.68. The van der Waals surface area contributed by atoms with Crippen molar-refractivity contribution in [3.63, 3.8) is 0 Å². The number of benzene rings is 1. The number of halogens is 1. The summed E-state index contributed by atoms with van der Waals surface area (Å²) in [5, 5.41) is 0. The number of H-pyrrole nitrogens is 1. The largest absolute Gasteiger partial charge is 0.384 e. The predicted molar refractivity (Wildman–Crippen MR) is 95.5 cm³/mol. The van der Waals surface area contributed by atoms with E-state index in [0.717, 1.165) is 38.1 Å². The second kappa shape index (κ2) is 6.57. The Balaban J connectivity index is 1.52. The van der Waals surface area contributed by atoms with Gasteiger partial charge in [-0.3, -0.25) is 9.47 Å². The number of aromatic nitrogens is 2. The van der Waals surface area contributed by atoms with Crippen molar-refractivity contribution in [1.29, 1.82) is 0 Å². The zero-order valence-corrected chi connectivity index (χ0v) is 14.9. The Hall–Kier alpha value is -1.66. The number of methoxy groups -OCH3 is 1. The SMILES string of the molecule is COCC1CCC1N1CCC(n2c(=O)[nH]c3c(F)cc(C)cc32)CC1. The van der Waals surface area contributed by atoms with Gasteiger partial charge in [0.1, 0.15) is 11.3 Å². The Morgan fingerprint density at radius 2 is 2.00 bits per heavy atom. The summed E-state index contributed by atoms with van der Waals surface area (Å²) in [6.07, 6.45) is 4.35. The van der Waals surface area contributed by atoms with Crippen LogP contribution in [0.25, 0.3) is 11.0 Å².